The zero-order chi connectivity index (χ0) is 22.3. The lowest BCUT2D eigenvalue weighted by Crippen LogP contribution is -2.49. The average molecular weight is 446 g/mol. The van der Waals surface area contributed by atoms with Crippen LogP contribution in [-0.2, 0) is 14.8 Å². The molecular weight excluding hydrogens is 414 g/mol. The maximum atomic E-state index is 12.6. The van der Waals surface area contributed by atoms with Crippen molar-refractivity contribution in [1.82, 2.24) is 9.62 Å². The lowest BCUT2D eigenvalue weighted by atomic mass is 10.2. The number of carbonyl (C=O) groups is 1. The zero-order valence-electron chi connectivity index (χ0n) is 18.2. The number of aryl methyl sites for hydroxylation is 2. The number of carbonyl (C=O) groups excluding carboxylic acids is 1. The van der Waals surface area contributed by atoms with Gasteiger partial charge in [-0.2, -0.15) is 4.31 Å². The normalized spacial score (nSPS) is 15.0. The van der Waals surface area contributed by atoms with Crippen LogP contribution in [0.25, 0.3) is 0 Å². The number of amides is 1. The Morgan fingerprint density at radius 2 is 1.77 bits per heavy atom. The van der Waals surface area contributed by atoms with Gasteiger partial charge in [-0.1, -0.05) is 30.3 Å². The van der Waals surface area contributed by atoms with Crippen LogP contribution in [0.3, 0.4) is 0 Å². The molecule has 8 heteroatoms. The van der Waals surface area contributed by atoms with Gasteiger partial charge in [0.25, 0.3) is 5.91 Å². The van der Waals surface area contributed by atoms with Crippen LogP contribution in [0, 0.1) is 13.8 Å². The summed E-state index contributed by atoms with van der Waals surface area (Å²) in [5.41, 5.74) is 3.29. The number of hydrogen-bond acceptors (Lipinski definition) is 5. The zero-order valence-corrected chi connectivity index (χ0v) is 19.0. The summed E-state index contributed by atoms with van der Waals surface area (Å²) >= 11 is 0. The Morgan fingerprint density at radius 3 is 2.48 bits per heavy atom. The molecule has 0 atom stereocenters. The average Bonchev–Trinajstić information content (AvgIpc) is 2.76. The van der Waals surface area contributed by atoms with Gasteiger partial charge in [-0.25, -0.2) is 8.42 Å². The first-order valence-electron chi connectivity index (χ1n) is 10.6. The number of piperazine rings is 1. The van der Waals surface area contributed by atoms with Gasteiger partial charge in [0, 0.05) is 38.4 Å². The van der Waals surface area contributed by atoms with Gasteiger partial charge in [0.05, 0.1) is 5.75 Å². The summed E-state index contributed by atoms with van der Waals surface area (Å²) in [4.78, 5) is 14.2. The van der Waals surface area contributed by atoms with E-state index in [2.05, 4.69) is 35.3 Å². The van der Waals surface area contributed by atoms with E-state index in [9.17, 15) is 13.2 Å². The van der Waals surface area contributed by atoms with Gasteiger partial charge < -0.3 is 15.0 Å². The molecule has 31 heavy (non-hydrogen) atoms. The van der Waals surface area contributed by atoms with E-state index in [0.717, 1.165) is 11.3 Å². The summed E-state index contributed by atoms with van der Waals surface area (Å²) in [7, 11) is -3.33. The topological polar surface area (TPSA) is 79.0 Å². The molecule has 1 amide bonds. The Hall–Kier alpha value is -2.58. The van der Waals surface area contributed by atoms with Gasteiger partial charge in [0.15, 0.2) is 6.61 Å². The molecule has 1 aliphatic heterocycles. The van der Waals surface area contributed by atoms with E-state index in [4.69, 9.17) is 4.74 Å². The molecule has 0 unspecified atom stereocenters. The number of nitrogens with one attached hydrogen (secondary N) is 1. The number of ether oxygens (including phenoxy) is 1. The standard InChI is InChI=1S/C23H31N3O4S/c1-19-7-5-9-21(17-19)25-12-14-26(15-13-25)31(28,29)16-6-11-24-23(27)18-30-22-10-4-3-8-20(22)2/h3-5,7-10,17H,6,11-16,18H2,1-2H3,(H,24,27). The highest BCUT2D eigenvalue weighted by Gasteiger charge is 2.26. The van der Waals surface area contributed by atoms with E-state index in [1.807, 2.05) is 37.3 Å². The highest BCUT2D eigenvalue weighted by molar-refractivity contribution is 7.89. The second-order valence-electron chi connectivity index (χ2n) is 7.80. The molecule has 1 heterocycles. The molecule has 0 bridgehead atoms. The highest BCUT2D eigenvalue weighted by atomic mass is 32.2. The molecule has 168 valence electrons. The second-order valence-corrected chi connectivity index (χ2v) is 9.89. The fourth-order valence-electron chi connectivity index (χ4n) is 3.57. The maximum Gasteiger partial charge on any atom is 0.257 e. The monoisotopic (exact) mass is 445 g/mol. The van der Waals surface area contributed by atoms with Crippen LogP contribution in [0.5, 0.6) is 5.75 Å². The fraction of sp³-hybridized carbons (Fsp3) is 0.435. The van der Waals surface area contributed by atoms with Crippen LogP contribution in [0.15, 0.2) is 48.5 Å². The van der Waals surface area contributed by atoms with E-state index in [0.29, 0.717) is 44.9 Å². The first-order chi connectivity index (χ1) is 14.8. The summed E-state index contributed by atoms with van der Waals surface area (Å²) in [5, 5.41) is 2.73. The SMILES string of the molecule is Cc1cccc(N2CCN(S(=O)(=O)CCCNC(=O)COc3ccccc3C)CC2)c1. The number of sulfonamides is 1. The molecule has 2 aromatic carbocycles. The molecule has 1 N–H and O–H groups in total. The summed E-state index contributed by atoms with van der Waals surface area (Å²) in [6, 6.07) is 15.7. The molecule has 0 saturated carbocycles. The van der Waals surface area contributed by atoms with E-state index < -0.39 is 10.0 Å². The molecule has 0 radical (unpaired) electrons. The lowest BCUT2D eigenvalue weighted by Gasteiger charge is -2.35. The van der Waals surface area contributed by atoms with E-state index in [-0.39, 0.29) is 18.3 Å². The van der Waals surface area contributed by atoms with Crippen molar-refractivity contribution in [2.75, 3.05) is 50.0 Å². The number of hydrogen-bond donors (Lipinski definition) is 1. The Balaban J connectivity index is 1.36. The minimum absolute atomic E-state index is 0.0242. The van der Waals surface area contributed by atoms with E-state index in [1.165, 1.54) is 5.56 Å². The van der Waals surface area contributed by atoms with Crippen molar-refractivity contribution in [3.8, 4) is 5.75 Å². The smallest absolute Gasteiger partial charge is 0.257 e. The third kappa shape index (κ3) is 6.70. The number of benzene rings is 2. The van der Waals surface area contributed by atoms with Crippen molar-refractivity contribution in [2.45, 2.75) is 20.3 Å². The summed E-state index contributed by atoms with van der Waals surface area (Å²) in [6.45, 7) is 6.50. The molecule has 1 aliphatic rings. The summed E-state index contributed by atoms with van der Waals surface area (Å²) in [5.74, 6) is 0.438. The summed E-state index contributed by atoms with van der Waals surface area (Å²) < 4.78 is 32.4. The van der Waals surface area contributed by atoms with Crippen LogP contribution < -0.4 is 15.0 Å². The molecule has 2 aromatic rings. The first-order valence-corrected chi connectivity index (χ1v) is 12.2. The maximum absolute atomic E-state index is 12.6. The molecule has 1 fully saturated rings. The molecule has 0 aliphatic carbocycles. The Kier molecular flexibility index (Phi) is 7.92. The van der Waals surface area contributed by atoms with Gasteiger partial charge in [-0.15, -0.1) is 0 Å². The largest absolute Gasteiger partial charge is 0.484 e. The number of nitrogens with zero attached hydrogens (tertiary/aromatic N) is 2. The van der Waals surface area contributed by atoms with Crippen LogP contribution >= 0.6 is 0 Å². The first kappa shape index (κ1) is 23.1. The Labute approximate surface area is 185 Å². The fourth-order valence-corrected chi connectivity index (χ4v) is 5.06. The number of anilines is 1. The number of rotatable bonds is 9. The third-order valence-electron chi connectivity index (χ3n) is 5.35. The predicted octanol–water partition coefficient (Wildman–Crippen LogP) is 2.34. The predicted molar refractivity (Wildman–Crippen MR) is 123 cm³/mol. The third-order valence-corrected chi connectivity index (χ3v) is 7.31. The van der Waals surface area contributed by atoms with Crippen molar-refractivity contribution in [3.05, 3.63) is 59.7 Å². The molecule has 3 rings (SSSR count). The lowest BCUT2D eigenvalue weighted by molar-refractivity contribution is -0.123. The van der Waals surface area contributed by atoms with Crippen LogP contribution in [0.2, 0.25) is 0 Å². The minimum atomic E-state index is -3.33. The molecule has 7 nitrogen and oxygen atoms in total. The van der Waals surface area contributed by atoms with Crippen molar-refractivity contribution in [2.24, 2.45) is 0 Å². The summed E-state index contributed by atoms with van der Waals surface area (Å²) in [6.07, 6.45) is 0.372. The van der Waals surface area contributed by atoms with Crippen LogP contribution in [0.4, 0.5) is 5.69 Å². The molecular formula is C23H31N3O4S. The molecule has 1 saturated heterocycles. The quantitative estimate of drug-likeness (QED) is 0.600. The van der Waals surface area contributed by atoms with Crippen molar-refractivity contribution >= 4 is 21.6 Å². The number of para-hydroxylation sites is 1. The van der Waals surface area contributed by atoms with Crippen LogP contribution in [-0.4, -0.2) is 63.7 Å². The van der Waals surface area contributed by atoms with Crippen molar-refractivity contribution in [3.63, 3.8) is 0 Å². The highest BCUT2D eigenvalue weighted by Crippen LogP contribution is 2.19. The van der Waals surface area contributed by atoms with E-state index in [1.54, 1.807) is 4.31 Å². The van der Waals surface area contributed by atoms with Gasteiger partial charge >= 0.3 is 0 Å². The van der Waals surface area contributed by atoms with Crippen molar-refractivity contribution < 1.29 is 17.9 Å². The van der Waals surface area contributed by atoms with Gasteiger partial charge in [0.2, 0.25) is 10.0 Å². The molecule has 0 aromatic heterocycles. The van der Waals surface area contributed by atoms with Gasteiger partial charge in [0.1, 0.15) is 5.75 Å². The van der Waals surface area contributed by atoms with Crippen molar-refractivity contribution in [1.29, 1.82) is 0 Å². The molecule has 0 spiro atoms. The van der Waals surface area contributed by atoms with Gasteiger partial charge in [-0.3, -0.25) is 4.79 Å². The van der Waals surface area contributed by atoms with E-state index >= 15 is 0 Å². The Morgan fingerprint density at radius 1 is 1.03 bits per heavy atom. The second kappa shape index (κ2) is 10.6. The van der Waals surface area contributed by atoms with Crippen LogP contribution in [0.1, 0.15) is 17.5 Å². The van der Waals surface area contributed by atoms with Gasteiger partial charge in [-0.05, 0) is 49.6 Å². The minimum Gasteiger partial charge on any atom is -0.484 e. The Bertz CT molecular complexity index is 986.